The molecule has 1 aliphatic heterocycles. The molecule has 3 rings (SSSR count). The average molecular weight is 344 g/mol. The zero-order valence-electron chi connectivity index (χ0n) is 12.6. The molecule has 0 spiro atoms. The van der Waals surface area contributed by atoms with Gasteiger partial charge in [0.1, 0.15) is 0 Å². The van der Waals surface area contributed by atoms with Crippen LogP contribution in [0, 0.1) is 0 Å². The first-order chi connectivity index (χ1) is 11.5. The Morgan fingerprint density at radius 3 is 2.54 bits per heavy atom. The summed E-state index contributed by atoms with van der Waals surface area (Å²) in [5, 5.41) is 5.76. The number of carbonyl (C=O) groups excluding carboxylic acids is 3. The molecule has 1 aliphatic rings. The Kier molecular flexibility index (Phi) is 4.48. The number of imide groups is 1. The summed E-state index contributed by atoms with van der Waals surface area (Å²) in [4.78, 5) is 36.4. The van der Waals surface area contributed by atoms with E-state index in [1.807, 2.05) is 0 Å². The number of hydrogen-bond donors (Lipinski definition) is 2. The third-order valence-corrected chi connectivity index (χ3v) is 3.81. The van der Waals surface area contributed by atoms with E-state index in [0.717, 1.165) is 10.5 Å². The second-order valence-corrected chi connectivity index (χ2v) is 5.74. The van der Waals surface area contributed by atoms with E-state index in [4.69, 9.17) is 11.6 Å². The molecule has 0 saturated carbocycles. The molecule has 2 aromatic rings. The van der Waals surface area contributed by atoms with Gasteiger partial charge in [-0.05, 0) is 35.9 Å². The lowest BCUT2D eigenvalue weighted by molar-refractivity contribution is -0.125. The topological polar surface area (TPSA) is 78.5 Å². The van der Waals surface area contributed by atoms with Crippen molar-refractivity contribution < 1.29 is 14.4 Å². The fraction of sp³-hybridized carbons (Fsp3) is 0.118. The Hall–Kier alpha value is -2.86. The van der Waals surface area contributed by atoms with Crippen molar-refractivity contribution in [3.63, 3.8) is 0 Å². The highest BCUT2D eigenvalue weighted by Crippen LogP contribution is 2.16. The number of halogens is 1. The Morgan fingerprint density at radius 1 is 1.17 bits per heavy atom. The van der Waals surface area contributed by atoms with E-state index in [-0.39, 0.29) is 24.9 Å². The van der Waals surface area contributed by atoms with Gasteiger partial charge in [-0.1, -0.05) is 29.8 Å². The van der Waals surface area contributed by atoms with Crippen LogP contribution < -0.4 is 10.6 Å². The number of rotatable bonds is 4. The maximum absolute atomic E-state index is 12.2. The first-order valence-electron chi connectivity index (χ1n) is 7.27. The van der Waals surface area contributed by atoms with Crippen LogP contribution in [0.2, 0.25) is 5.02 Å². The van der Waals surface area contributed by atoms with Gasteiger partial charge in [0.05, 0.1) is 13.1 Å². The van der Waals surface area contributed by atoms with Gasteiger partial charge < -0.3 is 10.6 Å². The van der Waals surface area contributed by atoms with Crippen molar-refractivity contribution in [2.75, 3.05) is 11.9 Å². The number of nitrogens with one attached hydrogen (secondary N) is 2. The maximum atomic E-state index is 12.2. The summed E-state index contributed by atoms with van der Waals surface area (Å²) in [5.41, 5.74) is 1.84. The number of anilines is 1. The Morgan fingerprint density at radius 2 is 1.92 bits per heavy atom. The number of urea groups is 1. The molecule has 0 aromatic heterocycles. The Labute approximate surface area is 143 Å². The summed E-state index contributed by atoms with van der Waals surface area (Å²) >= 11 is 5.88. The van der Waals surface area contributed by atoms with Gasteiger partial charge >= 0.3 is 6.03 Å². The largest absolute Gasteiger partial charge is 0.329 e. The monoisotopic (exact) mass is 343 g/mol. The summed E-state index contributed by atoms with van der Waals surface area (Å²) in [6.45, 7) is 0.208. The van der Waals surface area contributed by atoms with Crippen LogP contribution >= 0.6 is 11.6 Å². The molecule has 1 fully saturated rings. The quantitative estimate of drug-likeness (QED) is 0.838. The van der Waals surface area contributed by atoms with Gasteiger partial charge in [-0.25, -0.2) is 4.79 Å². The van der Waals surface area contributed by atoms with Gasteiger partial charge in [-0.15, -0.1) is 0 Å². The van der Waals surface area contributed by atoms with Crippen LogP contribution in [0.3, 0.4) is 0 Å². The third-order valence-electron chi connectivity index (χ3n) is 3.58. The maximum Gasteiger partial charge on any atom is 0.324 e. The van der Waals surface area contributed by atoms with Crippen LogP contribution in [-0.4, -0.2) is 29.3 Å². The fourth-order valence-corrected chi connectivity index (χ4v) is 2.52. The van der Waals surface area contributed by atoms with Crippen LogP contribution in [0.1, 0.15) is 15.9 Å². The molecule has 2 aromatic carbocycles. The van der Waals surface area contributed by atoms with Crippen LogP contribution in [0.25, 0.3) is 0 Å². The SMILES string of the molecule is O=C(Nc1cccc(Cl)c1)c1ccc(CN2C(=O)CNC2=O)cc1. The summed E-state index contributed by atoms with van der Waals surface area (Å²) in [7, 11) is 0. The van der Waals surface area contributed by atoms with E-state index in [9.17, 15) is 14.4 Å². The summed E-state index contributed by atoms with van der Waals surface area (Å²) in [6, 6.07) is 13.2. The Balaban J connectivity index is 1.66. The molecule has 24 heavy (non-hydrogen) atoms. The molecule has 0 unspecified atom stereocenters. The summed E-state index contributed by atoms with van der Waals surface area (Å²) < 4.78 is 0. The normalized spacial score (nSPS) is 13.8. The van der Waals surface area contributed by atoms with E-state index in [2.05, 4.69) is 10.6 Å². The van der Waals surface area contributed by atoms with Crippen molar-refractivity contribution in [1.82, 2.24) is 10.2 Å². The zero-order chi connectivity index (χ0) is 17.1. The fourth-order valence-electron chi connectivity index (χ4n) is 2.33. The second kappa shape index (κ2) is 6.72. The van der Waals surface area contributed by atoms with Crippen LogP contribution in [0.5, 0.6) is 0 Å². The molecule has 6 nitrogen and oxygen atoms in total. The van der Waals surface area contributed by atoms with E-state index >= 15 is 0 Å². The van der Waals surface area contributed by atoms with E-state index in [1.165, 1.54) is 0 Å². The van der Waals surface area contributed by atoms with Crippen molar-refractivity contribution in [3.05, 3.63) is 64.7 Å². The molecule has 1 heterocycles. The smallest absolute Gasteiger partial charge is 0.324 e. The third kappa shape index (κ3) is 3.55. The number of hydrogen-bond acceptors (Lipinski definition) is 3. The number of nitrogens with zero attached hydrogens (tertiary/aromatic N) is 1. The first-order valence-corrected chi connectivity index (χ1v) is 7.65. The molecule has 0 aliphatic carbocycles. The van der Waals surface area contributed by atoms with Crippen molar-refractivity contribution in [3.8, 4) is 0 Å². The summed E-state index contributed by atoms with van der Waals surface area (Å²) in [5.74, 6) is -0.526. The minimum Gasteiger partial charge on any atom is -0.329 e. The van der Waals surface area contributed by atoms with Gasteiger partial charge in [0.2, 0.25) is 5.91 Å². The highest BCUT2D eigenvalue weighted by atomic mass is 35.5. The van der Waals surface area contributed by atoms with Crippen LogP contribution in [0.4, 0.5) is 10.5 Å². The molecule has 2 N–H and O–H groups in total. The average Bonchev–Trinajstić information content (AvgIpc) is 2.87. The zero-order valence-corrected chi connectivity index (χ0v) is 13.3. The molecule has 0 radical (unpaired) electrons. The van der Waals surface area contributed by atoms with E-state index in [1.54, 1.807) is 48.5 Å². The van der Waals surface area contributed by atoms with Gasteiger partial charge in [0.15, 0.2) is 0 Å². The van der Waals surface area contributed by atoms with Crippen LogP contribution in [-0.2, 0) is 11.3 Å². The molecule has 122 valence electrons. The number of carbonyl (C=O) groups is 3. The predicted octanol–water partition coefficient (Wildman–Crippen LogP) is 2.64. The standard InChI is InChI=1S/C17H14ClN3O3/c18-13-2-1-3-14(8-13)20-16(23)12-6-4-11(5-7-12)10-21-15(22)9-19-17(21)24/h1-8H,9-10H2,(H,19,24)(H,20,23). The van der Waals surface area contributed by atoms with Gasteiger partial charge in [-0.2, -0.15) is 0 Å². The van der Waals surface area contributed by atoms with E-state index < -0.39 is 6.03 Å². The minimum atomic E-state index is -0.400. The number of amides is 4. The van der Waals surface area contributed by atoms with Crippen LogP contribution in [0.15, 0.2) is 48.5 Å². The van der Waals surface area contributed by atoms with E-state index in [0.29, 0.717) is 16.3 Å². The minimum absolute atomic E-state index is 0.0267. The van der Waals surface area contributed by atoms with Crippen molar-refractivity contribution in [1.29, 1.82) is 0 Å². The van der Waals surface area contributed by atoms with Gasteiger partial charge in [-0.3, -0.25) is 14.5 Å². The lowest BCUT2D eigenvalue weighted by Gasteiger charge is -2.12. The van der Waals surface area contributed by atoms with Gasteiger partial charge in [0, 0.05) is 16.3 Å². The molecular formula is C17H14ClN3O3. The molecule has 4 amide bonds. The second-order valence-electron chi connectivity index (χ2n) is 5.30. The lowest BCUT2D eigenvalue weighted by Crippen LogP contribution is -2.30. The predicted molar refractivity (Wildman–Crippen MR) is 89.8 cm³/mol. The molecule has 0 atom stereocenters. The number of benzene rings is 2. The molecule has 1 saturated heterocycles. The highest BCUT2D eigenvalue weighted by Gasteiger charge is 2.28. The Bertz CT molecular complexity index is 789. The highest BCUT2D eigenvalue weighted by molar-refractivity contribution is 6.31. The van der Waals surface area contributed by atoms with Gasteiger partial charge in [0.25, 0.3) is 5.91 Å². The summed E-state index contributed by atoms with van der Waals surface area (Å²) in [6.07, 6.45) is 0. The van der Waals surface area contributed by atoms with Crippen molar-refractivity contribution in [2.24, 2.45) is 0 Å². The van der Waals surface area contributed by atoms with Crippen molar-refractivity contribution in [2.45, 2.75) is 6.54 Å². The van der Waals surface area contributed by atoms with Crippen molar-refractivity contribution >= 4 is 35.1 Å². The molecular weight excluding hydrogens is 330 g/mol. The first kappa shape index (κ1) is 16.0. The molecule has 7 heteroatoms. The molecule has 0 bridgehead atoms. The lowest BCUT2D eigenvalue weighted by atomic mass is 10.1.